The van der Waals surface area contributed by atoms with Crippen molar-refractivity contribution in [2.24, 2.45) is 0 Å². The molecule has 0 saturated carbocycles. The maximum Gasteiger partial charge on any atom is 0.410 e. The molecule has 0 radical (unpaired) electrons. The van der Waals surface area contributed by atoms with Crippen LogP contribution >= 0.6 is 11.3 Å². The topological polar surface area (TPSA) is 66.9 Å². The fraction of sp³-hybridized carbons (Fsp3) is 0.706. The van der Waals surface area contributed by atoms with Crippen molar-refractivity contribution in [3.05, 3.63) is 21.9 Å². The number of thiophene rings is 1. The van der Waals surface area contributed by atoms with Crippen LogP contribution in [-0.4, -0.2) is 67.6 Å². The lowest BCUT2D eigenvalue weighted by Crippen LogP contribution is -2.60. The summed E-state index contributed by atoms with van der Waals surface area (Å²) in [4.78, 5) is 17.5. The van der Waals surface area contributed by atoms with Crippen molar-refractivity contribution < 1.29 is 17.9 Å². The highest BCUT2D eigenvalue weighted by atomic mass is 32.2. The zero-order valence-electron chi connectivity index (χ0n) is 14.8. The number of hydrogen-bond donors (Lipinski definition) is 0. The molecule has 2 fully saturated rings. The lowest BCUT2D eigenvalue weighted by Gasteiger charge is -2.43. The SMILES string of the molecule is CCCCOC(=O)N1CCN(Cc2sccc2C)[C@H]2CS(=O)(=O)C[C@H]21. The van der Waals surface area contributed by atoms with E-state index < -0.39 is 9.84 Å². The summed E-state index contributed by atoms with van der Waals surface area (Å²) < 4.78 is 29.8. The van der Waals surface area contributed by atoms with Crippen LogP contribution in [0.5, 0.6) is 0 Å². The molecule has 2 aliphatic heterocycles. The summed E-state index contributed by atoms with van der Waals surface area (Å²) in [5.41, 5.74) is 1.24. The van der Waals surface area contributed by atoms with E-state index in [4.69, 9.17) is 4.74 Å². The second-order valence-corrected chi connectivity index (χ2v) is 10.0. The number of ether oxygens (including phenoxy) is 1. The average molecular weight is 387 g/mol. The second-order valence-electron chi connectivity index (χ2n) is 6.87. The quantitative estimate of drug-likeness (QED) is 0.727. The highest BCUT2D eigenvalue weighted by Gasteiger charge is 2.48. The Morgan fingerprint density at radius 3 is 2.76 bits per heavy atom. The van der Waals surface area contributed by atoms with E-state index in [2.05, 4.69) is 23.3 Å². The molecule has 140 valence electrons. The molecule has 8 heteroatoms. The van der Waals surface area contributed by atoms with Crippen molar-refractivity contribution in [3.8, 4) is 0 Å². The monoisotopic (exact) mass is 386 g/mol. The molecule has 0 bridgehead atoms. The van der Waals surface area contributed by atoms with Crippen LogP contribution in [0.4, 0.5) is 4.79 Å². The number of carbonyl (C=O) groups excluding carboxylic acids is 1. The van der Waals surface area contributed by atoms with Crippen LogP contribution < -0.4 is 0 Å². The number of carbonyl (C=O) groups is 1. The molecule has 0 unspecified atom stereocenters. The Morgan fingerprint density at radius 2 is 2.08 bits per heavy atom. The number of rotatable bonds is 5. The average Bonchev–Trinajstić information content (AvgIpc) is 3.10. The van der Waals surface area contributed by atoms with E-state index >= 15 is 0 Å². The van der Waals surface area contributed by atoms with E-state index in [-0.39, 0.29) is 29.7 Å². The molecule has 25 heavy (non-hydrogen) atoms. The van der Waals surface area contributed by atoms with Gasteiger partial charge in [0.1, 0.15) is 0 Å². The Kier molecular flexibility index (Phi) is 5.70. The third-order valence-corrected chi connectivity index (χ3v) is 7.77. The Morgan fingerprint density at radius 1 is 1.32 bits per heavy atom. The zero-order valence-corrected chi connectivity index (χ0v) is 16.4. The van der Waals surface area contributed by atoms with Crippen LogP contribution in [0.2, 0.25) is 0 Å². The van der Waals surface area contributed by atoms with E-state index in [1.165, 1.54) is 10.4 Å². The molecule has 1 amide bonds. The second kappa shape index (κ2) is 7.63. The number of piperazine rings is 1. The summed E-state index contributed by atoms with van der Waals surface area (Å²) in [6, 6.07) is 1.65. The molecular weight excluding hydrogens is 360 g/mol. The van der Waals surface area contributed by atoms with Crippen LogP contribution in [0.1, 0.15) is 30.2 Å². The number of amides is 1. The van der Waals surface area contributed by atoms with Gasteiger partial charge in [-0.15, -0.1) is 11.3 Å². The molecule has 0 aliphatic carbocycles. The fourth-order valence-corrected chi connectivity index (χ4v) is 6.53. The van der Waals surface area contributed by atoms with E-state index in [0.717, 1.165) is 19.4 Å². The standard InChI is InChI=1S/C17H26N2O4S2/c1-3-4-8-23-17(20)19-7-6-18(10-16-13(2)5-9-24-16)14-11-25(21,22)12-15(14)19/h5,9,14-15H,3-4,6-8,10-12H2,1-2H3/t14-,15+/m0/s1. The van der Waals surface area contributed by atoms with Gasteiger partial charge in [-0.25, -0.2) is 13.2 Å². The third-order valence-electron chi connectivity index (χ3n) is 5.06. The van der Waals surface area contributed by atoms with Crippen LogP contribution in [-0.2, 0) is 21.1 Å². The van der Waals surface area contributed by atoms with Crippen LogP contribution in [0.25, 0.3) is 0 Å². The molecule has 2 aliphatic rings. The van der Waals surface area contributed by atoms with Gasteiger partial charge in [0, 0.05) is 30.6 Å². The van der Waals surface area contributed by atoms with Crippen molar-refractivity contribution in [3.63, 3.8) is 0 Å². The van der Waals surface area contributed by atoms with E-state index in [1.54, 1.807) is 16.2 Å². The largest absolute Gasteiger partial charge is 0.449 e. The molecule has 1 aromatic heterocycles. The number of fused-ring (bicyclic) bond motifs is 1. The Balaban J connectivity index is 1.73. The summed E-state index contributed by atoms with van der Waals surface area (Å²) in [5.74, 6) is 0.168. The molecule has 1 aromatic rings. The van der Waals surface area contributed by atoms with Crippen molar-refractivity contribution in [1.29, 1.82) is 0 Å². The molecule has 0 aromatic carbocycles. The van der Waals surface area contributed by atoms with Gasteiger partial charge in [0.15, 0.2) is 9.84 Å². The van der Waals surface area contributed by atoms with Gasteiger partial charge < -0.3 is 9.64 Å². The van der Waals surface area contributed by atoms with Crippen molar-refractivity contribution in [2.45, 2.75) is 45.3 Å². The van der Waals surface area contributed by atoms with Crippen LogP contribution in [0, 0.1) is 6.92 Å². The highest BCUT2D eigenvalue weighted by molar-refractivity contribution is 7.91. The van der Waals surface area contributed by atoms with E-state index in [9.17, 15) is 13.2 Å². The lowest BCUT2D eigenvalue weighted by atomic mass is 10.0. The smallest absolute Gasteiger partial charge is 0.410 e. The predicted molar refractivity (Wildman–Crippen MR) is 98.7 cm³/mol. The number of hydrogen-bond acceptors (Lipinski definition) is 6. The molecule has 3 rings (SSSR count). The van der Waals surface area contributed by atoms with Gasteiger partial charge in [0.05, 0.1) is 24.2 Å². The third kappa shape index (κ3) is 4.17. The number of nitrogens with zero attached hydrogens (tertiary/aromatic N) is 2. The summed E-state index contributed by atoms with van der Waals surface area (Å²) in [6.45, 7) is 6.46. The predicted octanol–water partition coefficient (Wildman–Crippen LogP) is 2.28. The number of aryl methyl sites for hydroxylation is 1. The number of unbranched alkanes of at least 4 members (excludes halogenated alkanes) is 1. The lowest BCUT2D eigenvalue weighted by molar-refractivity contribution is 0.0268. The molecule has 2 saturated heterocycles. The van der Waals surface area contributed by atoms with Crippen LogP contribution in [0.3, 0.4) is 0 Å². The first kappa shape index (κ1) is 18.7. The van der Waals surface area contributed by atoms with Gasteiger partial charge in [-0.2, -0.15) is 0 Å². The van der Waals surface area contributed by atoms with Gasteiger partial charge in [-0.1, -0.05) is 13.3 Å². The molecule has 0 spiro atoms. The first-order valence-corrected chi connectivity index (χ1v) is 11.5. The Bertz CT molecular complexity index is 716. The maximum absolute atomic E-state index is 12.4. The van der Waals surface area contributed by atoms with Gasteiger partial charge in [0.2, 0.25) is 0 Å². The minimum atomic E-state index is -3.13. The number of sulfone groups is 1. The van der Waals surface area contributed by atoms with Crippen LogP contribution in [0.15, 0.2) is 11.4 Å². The molecule has 6 nitrogen and oxygen atoms in total. The fourth-order valence-electron chi connectivity index (χ4n) is 3.59. The summed E-state index contributed by atoms with van der Waals surface area (Å²) in [5, 5.41) is 2.06. The maximum atomic E-state index is 12.4. The Labute approximate surface area is 153 Å². The first-order valence-electron chi connectivity index (χ1n) is 8.82. The van der Waals surface area contributed by atoms with Crippen molar-refractivity contribution in [2.75, 3.05) is 31.2 Å². The molecule has 2 atom stereocenters. The molecule has 3 heterocycles. The minimum absolute atomic E-state index is 0.0421. The van der Waals surface area contributed by atoms with Crippen molar-refractivity contribution in [1.82, 2.24) is 9.80 Å². The molecule has 0 N–H and O–H groups in total. The summed E-state index contributed by atoms with van der Waals surface area (Å²) >= 11 is 1.70. The van der Waals surface area contributed by atoms with E-state index in [1.807, 2.05) is 6.92 Å². The van der Waals surface area contributed by atoms with Gasteiger partial charge >= 0.3 is 6.09 Å². The van der Waals surface area contributed by atoms with Gasteiger partial charge in [-0.3, -0.25) is 4.90 Å². The highest BCUT2D eigenvalue weighted by Crippen LogP contribution is 2.30. The normalized spacial score (nSPS) is 25.8. The zero-order chi connectivity index (χ0) is 18.0. The van der Waals surface area contributed by atoms with E-state index in [0.29, 0.717) is 19.7 Å². The first-order chi connectivity index (χ1) is 11.9. The summed E-state index contributed by atoms with van der Waals surface area (Å²) in [6.07, 6.45) is 1.42. The minimum Gasteiger partial charge on any atom is -0.449 e. The van der Waals surface area contributed by atoms with Gasteiger partial charge in [0.25, 0.3) is 0 Å². The summed E-state index contributed by atoms with van der Waals surface area (Å²) in [7, 11) is -3.13. The Hall–Kier alpha value is -1.12. The van der Waals surface area contributed by atoms with Crippen molar-refractivity contribution >= 4 is 27.3 Å². The molecular formula is C17H26N2O4S2. The van der Waals surface area contributed by atoms with Gasteiger partial charge in [-0.05, 0) is 30.4 Å².